The lowest BCUT2D eigenvalue weighted by atomic mass is 9.71. The summed E-state index contributed by atoms with van der Waals surface area (Å²) in [6, 6.07) is 27.5. The molecule has 58 heavy (non-hydrogen) atoms. The molecule has 306 valence electrons. The number of rotatable bonds is 10. The van der Waals surface area contributed by atoms with Crippen LogP contribution < -0.4 is 14.4 Å². The molecule has 10 nitrogen and oxygen atoms in total. The van der Waals surface area contributed by atoms with Gasteiger partial charge in [0.2, 0.25) is 11.8 Å². The molecule has 0 N–H and O–H groups in total. The number of aryl methyl sites for hydroxylation is 1. The monoisotopic (exact) mass is 788 g/mol. The standard InChI is InChI=1S/C47H57FN6O4/c1-46(2,3)58-45(55)54-29-23-47(24-30-54)21-27-52(28-22-47)31-34-19-25-53(26-20-34)39-17-15-37-42(50-51(4)43(37)41(39)48)38-16-18-40(56-32-35-11-7-5-8-12-35)49-44(38)57-33-36-13-9-6-10-14-36/h5-18,34H,19-33H2,1-4H3. The molecule has 0 atom stereocenters. The number of halogens is 1. The molecule has 5 heterocycles. The number of anilines is 1. The lowest BCUT2D eigenvalue weighted by Crippen LogP contribution is -2.50. The van der Waals surface area contributed by atoms with Crippen molar-refractivity contribution in [1.29, 1.82) is 0 Å². The van der Waals surface area contributed by atoms with Gasteiger partial charge in [0.25, 0.3) is 0 Å². The van der Waals surface area contributed by atoms with Gasteiger partial charge in [-0.3, -0.25) is 4.68 Å². The number of hydrogen-bond donors (Lipinski definition) is 0. The van der Waals surface area contributed by atoms with Crippen LogP contribution in [0.1, 0.15) is 70.4 Å². The molecule has 1 spiro atoms. The van der Waals surface area contributed by atoms with Crippen molar-refractivity contribution >= 4 is 22.7 Å². The van der Waals surface area contributed by atoms with E-state index in [0.717, 1.165) is 82.6 Å². The Morgan fingerprint density at radius 3 is 2.05 bits per heavy atom. The summed E-state index contributed by atoms with van der Waals surface area (Å²) in [5, 5.41) is 5.56. The number of likely N-dealkylation sites (tertiary alicyclic amines) is 2. The summed E-state index contributed by atoms with van der Waals surface area (Å²) in [7, 11) is 1.80. The molecule has 0 unspecified atom stereocenters. The summed E-state index contributed by atoms with van der Waals surface area (Å²) in [6.45, 7) is 13.0. The molecule has 0 bridgehead atoms. The fraction of sp³-hybridized carbons (Fsp3) is 0.468. The third-order valence-electron chi connectivity index (χ3n) is 12.3. The van der Waals surface area contributed by atoms with E-state index in [1.54, 1.807) is 11.7 Å². The normalized spacial score (nSPS) is 17.8. The average Bonchev–Trinajstić information content (AvgIpc) is 3.57. The molecule has 3 aromatic carbocycles. The van der Waals surface area contributed by atoms with E-state index in [0.29, 0.717) is 64.2 Å². The summed E-state index contributed by atoms with van der Waals surface area (Å²) >= 11 is 0. The largest absolute Gasteiger partial charge is 0.473 e. The first-order chi connectivity index (χ1) is 28.0. The van der Waals surface area contributed by atoms with Gasteiger partial charge in [0.15, 0.2) is 5.82 Å². The zero-order valence-corrected chi connectivity index (χ0v) is 34.5. The van der Waals surface area contributed by atoms with Crippen LogP contribution in [0, 0.1) is 17.2 Å². The van der Waals surface area contributed by atoms with E-state index < -0.39 is 5.60 Å². The minimum atomic E-state index is -0.463. The number of carbonyl (C=O) groups excluding carboxylic acids is 1. The van der Waals surface area contributed by atoms with Crippen molar-refractivity contribution in [3.05, 3.63) is 102 Å². The van der Waals surface area contributed by atoms with Gasteiger partial charge in [0.1, 0.15) is 30.0 Å². The number of amides is 1. The minimum absolute atomic E-state index is 0.181. The van der Waals surface area contributed by atoms with E-state index in [1.807, 2.05) is 111 Å². The maximum atomic E-state index is 16.6. The van der Waals surface area contributed by atoms with E-state index in [-0.39, 0.29) is 11.9 Å². The van der Waals surface area contributed by atoms with Crippen LogP contribution in [0.25, 0.3) is 22.2 Å². The zero-order valence-electron chi connectivity index (χ0n) is 34.5. The SMILES string of the molecule is Cn1nc(-c2ccc(OCc3ccccc3)nc2OCc2ccccc2)c2ccc(N3CCC(CN4CCC5(CC4)CCN(C(=O)OC(C)(C)C)CC5)CC3)c(F)c21. The van der Waals surface area contributed by atoms with E-state index >= 15 is 4.39 Å². The second-order valence-electron chi connectivity index (χ2n) is 17.5. The third-order valence-corrected chi connectivity index (χ3v) is 12.3. The van der Waals surface area contributed by atoms with Gasteiger partial charge in [-0.25, -0.2) is 9.18 Å². The summed E-state index contributed by atoms with van der Waals surface area (Å²) in [6.07, 6.45) is 6.38. The highest BCUT2D eigenvalue weighted by Gasteiger charge is 2.40. The van der Waals surface area contributed by atoms with E-state index in [4.69, 9.17) is 24.3 Å². The van der Waals surface area contributed by atoms with Crippen LogP contribution >= 0.6 is 0 Å². The first-order valence-electron chi connectivity index (χ1n) is 21.0. The summed E-state index contributed by atoms with van der Waals surface area (Å²) in [5.74, 6) is 1.16. The van der Waals surface area contributed by atoms with Gasteiger partial charge in [-0.1, -0.05) is 60.7 Å². The lowest BCUT2D eigenvalue weighted by Gasteiger charge is -2.47. The third kappa shape index (κ3) is 9.09. The molecular weight excluding hydrogens is 732 g/mol. The Balaban J connectivity index is 0.902. The smallest absolute Gasteiger partial charge is 0.410 e. The van der Waals surface area contributed by atoms with Crippen LogP contribution in [0.3, 0.4) is 0 Å². The van der Waals surface area contributed by atoms with Crippen molar-refractivity contribution in [3.63, 3.8) is 0 Å². The maximum absolute atomic E-state index is 16.6. The molecule has 0 aliphatic carbocycles. The predicted octanol–water partition coefficient (Wildman–Crippen LogP) is 9.26. The van der Waals surface area contributed by atoms with Crippen LogP contribution in [0.5, 0.6) is 11.8 Å². The van der Waals surface area contributed by atoms with Crippen molar-refractivity contribution in [3.8, 4) is 23.0 Å². The van der Waals surface area contributed by atoms with Gasteiger partial charge in [0.05, 0.1) is 11.3 Å². The second kappa shape index (κ2) is 17.0. The van der Waals surface area contributed by atoms with Gasteiger partial charge < -0.3 is 28.9 Å². The average molecular weight is 789 g/mol. The highest BCUT2D eigenvalue weighted by atomic mass is 19.1. The number of nitrogens with zero attached hydrogens (tertiary/aromatic N) is 6. The molecule has 8 rings (SSSR count). The fourth-order valence-corrected chi connectivity index (χ4v) is 8.93. The van der Waals surface area contributed by atoms with Gasteiger partial charge in [0, 0.05) is 51.2 Å². The minimum Gasteiger partial charge on any atom is -0.473 e. The molecule has 3 aliphatic heterocycles. The van der Waals surface area contributed by atoms with E-state index in [9.17, 15) is 4.79 Å². The van der Waals surface area contributed by atoms with Crippen LogP contribution in [0.4, 0.5) is 14.9 Å². The number of fused-ring (bicyclic) bond motifs is 1. The number of aromatic nitrogens is 3. The number of ether oxygens (including phenoxy) is 3. The van der Waals surface area contributed by atoms with Gasteiger partial charge in [-0.05, 0) is 113 Å². The number of hydrogen-bond acceptors (Lipinski definition) is 8. The Morgan fingerprint density at radius 2 is 1.41 bits per heavy atom. The Morgan fingerprint density at radius 1 is 0.793 bits per heavy atom. The Bertz CT molecular complexity index is 2160. The van der Waals surface area contributed by atoms with Gasteiger partial charge >= 0.3 is 6.09 Å². The van der Waals surface area contributed by atoms with Crippen LogP contribution in [-0.4, -0.2) is 82.1 Å². The van der Waals surface area contributed by atoms with E-state index in [1.165, 1.54) is 12.8 Å². The molecule has 0 saturated carbocycles. The Hall–Kier alpha value is -5.16. The van der Waals surface area contributed by atoms with Crippen LogP contribution in [-0.2, 0) is 25.0 Å². The van der Waals surface area contributed by atoms with Gasteiger partial charge in [-0.2, -0.15) is 10.1 Å². The first kappa shape index (κ1) is 39.7. The van der Waals surface area contributed by atoms with Crippen molar-refractivity contribution in [2.45, 2.75) is 78.1 Å². The van der Waals surface area contributed by atoms with Crippen molar-refractivity contribution < 1.29 is 23.4 Å². The van der Waals surface area contributed by atoms with Crippen LogP contribution in [0.2, 0.25) is 0 Å². The molecule has 0 radical (unpaired) electrons. The number of piperidine rings is 3. The zero-order chi connectivity index (χ0) is 40.3. The number of pyridine rings is 1. The molecule has 3 fully saturated rings. The van der Waals surface area contributed by atoms with Crippen molar-refractivity contribution in [2.24, 2.45) is 18.4 Å². The predicted molar refractivity (Wildman–Crippen MR) is 226 cm³/mol. The Labute approximate surface area is 341 Å². The highest BCUT2D eigenvalue weighted by Crippen LogP contribution is 2.43. The fourth-order valence-electron chi connectivity index (χ4n) is 8.93. The summed E-state index contributed by atoms with van der Waals surface area (Å²) < 4.78 is 36.3. The first-order valence-corrected chi connectivity index (χ1v) is 21.0. The molecule has 3 saturated heterocycles. The summed E-state index contributed by atoms with van der Waals surface area (Å²) in [5.41, 5.74) is 4.31. The molecule has 2 aromatic heterocycles. The van der Waals surface area contributed by atoms with E-state index in [2.05, 4.69) is 9.80 Å². The lowest BCUT2D eigenvalue weighted by molar-refractivity contribution is -0.00397. The molecular formula is C47H57FN6O4. The molecule has 5 aromatic rings. The Kier molecular flexibility index (Phi) is 11.6. The second-order valence-corrected chi connectivity index (χ2v) is 17.5. The summed E-state index contributed by atoms with van der Waals surface area (Å²) in [4.78, 5) is 24.1. The molecule has 3 aliphatic rings. The molecule has 1 amide bonds. The van der Waals surface area contributed by atoms with Crippen molar-refractivity contribution in [1.82, 2.24) is 24.6 Å². The van der Waals surface area contributed by atoms with Gasteiger partial charge in [-0.15, -0.1) is 0 Å². The highest BCUT2D eigenvalue weighted by molar-refractivity contribution is 5.96. The van der Waals surface area contributed by atoms with Crippen LogP contribution in [0.15, 0.2) is 84.9 Å². The topological polar surface area (TPSA) is 85.2 Å². The maximum Gasteiger partial charge on any atom is 0.410 e. The quantitative estimate of drug-likeness (QED) is 0.139. The van der Waals surface area contributed by atoms with Crippen molar-refractivity contribution in [2.75, 3.05) is 50.7 Å². The number of benzene rings is 3. The number of carbonyl (C=O) groups is 1. The molecule has 11 heteroatoms.